The predicted molar refractivity (Wildman–Crippen MR) is 136 cm³/mol. The van der Waals surface area contributed by atoms with Crippen molar-refractivity contribution in [2.45, 2.75) is 0 Å². The van der Waals surface area contributed by atoms with Crippen molar-refractivity contribution in [1.29, 1.82) is 0 Å². The van der Waals surface area contributed by atoms with Crippen molar-refractivity contribution >= 4 is 35.7 Å². The largest absolute Gasteiger partial charge is 0.376 e. The molecule has 2 heterocycles. The van der Waals surface area contributed by atoms with E-state index in [-0.39, 0.29) is 35.7 Å². The minimum atomic E-state index is -0.734. The fourth-order valence-corrected chi connectivity index (χ4v) is 2.80. The van der Waals surface area contributed by atoms with E-state index >= 15 is 0 Å². The zero-order chi connectivity index (χ0) is 30.4. The minimum Gasteiger partial charge on any atom is -0.376 e. The van der Waals surface area contributed by atoms with Crippen LogP contribution in [0.4, 0.5) is 35.7 Å². The van der Waals surface area contributed by atoms with Gasteiger partial charge >= 0.3 is 0 Å². The smallest absolute Gasteiger partial charge is 0.235 e. The van der Waals surface area contributed by atoms with Crippen molar-refractivity contribution < 1.29 is 55.8 Å². The molecule has 0 fully saturated rings. The van der Waals surface area contributed by atoms with E-state index < -0.39 is 80.8 Å². The molecule has 0 spiro atoms. The first-order valence-electron chi connectivity index (χ1n) is 11.6. The van der Waals surface area contributed by atoms with Crippen LogP contribution in [0.1, 0.15) is 0 Å². The molecular weight excluding hydrogens is 560 g/mol. The lowest BCUT2D eigenvalue weighted by molar-refractivity contribution is 0.103. The van der Waals surface area contributed by atoms with E-state index in [2.05, 4.69) is 29.9 Å². The lowest BCUT2D eigenvalue weighted by atomic mass is 10.6. The van der Waals surface area contributed by atoms with Gasteiger partial charge in [-0.25, -0.2) is 0 Å². The second-order valence-corrected chi connectivity index (χ2v) is 7.59. The lowest BCUT2D eigenvalue weighted by Gasteiger charge is -2.27. The number of aromatic nitrogens is 6. The molecule has 0 unspecified atom stereocenters. The first-order chi connectivity index (χ1) is 19.9. The van der Waals surface area contributed by atoms with E-state index in [1.165, 1.54) is 0 Å². The summed E-state index contributed by atoms with van der Waals surface area (Å²) in [5.41, 5.74) is 0. The van der Waals surface area contributed by atoms with E-state index in [1.54, 1.807) is 0 Å². The summed E-state index contributed by atoms with van der Waals surface area (Å²) in [6.45, 7) is -8.01. The van der Waals surface area contributed by atoms with E-state index in [9.17, 15) is 51.1 Å². The molecule has 2 aromatic rings. The third-order valence-electron chi connectivity index (χ3n) is 5.10. The molecule has 0 bridgehead atoms. The number of rotatable bonds is 20. The van der Waals surface area contributed by atoms with Crippen LogP contribution in [0.15, 0.2) is 0 Å². The molecule has 0 atom stereocenters. The quantitative estimate of drug-likeness (QED) is 0.0636. The summed E-state index contributed by atoms with van der Waals surface area (Å²) < 4.78 is 5.54. The summed E-state index contributed by atoms with van der Waals surface area (Å²) in [5.74, 6) is -1.58. The van der Waals surface area contributed by atoms with Gasteiger partial charge in [-0.1, -0.05) is 0 Å². The van der Waals surface area contributed by atoms with Crippen molar-refractivity contribution in [2.24, 2.45) is 0 Å². The van der Waals surface area contributed by atoms with Gasteiger partial charge in [-0.3, -0.25) is 29.4 Å². The van der Waals surface area contributed by atoms with Gasteiger partial charge in [-0.2, -0.15) is 29.9 Å². The third-order valence-corrected chi connectivity index (χ3v) is 5.10. The lowest BCUT2D eigenvalue weighted by Crippen LogP contribution is -2.37. The maximum Gasteiger partial charge on any atom is 0.235 e. The molecule has 41 heavy (non-hydrogen) atoms. The molecule has 0 aliphatic carbocycles. The predicted octanol–water partition coefficient (Wildman–Crippen LogP) is -6.98. The Morgan fingerprint density at radius 1 is 0.317 bits per heavy atom. The van der Waals surface area contributed by atoms with Gasteiger partial charge in [0, 0.05) is 0 Å². The molecule has 10 N–H and O–H groups in total. The molecule has 23 heteroatoms. The molecule has 2 rings (SSSR count). The fourth-order valence-electron chi connectivity index (χ4n) is 2.80. The van der Waals surface area contributed by atoms with Crippen LogP contribution in [-0.4, -0.2) is 162 Å². The maximum absolute atomic E-state index is 9.93. The van der Waals surface area contributed by atoms with Crippen LogP contribution in [0.5, 0.6) is 0 Å². The Morgan fingerprint density at radius 2 is 0.488 bits per heavy atom. The number of anilines is 6. The molecule has 0 saturated carbocycles. The van der Waals surface area contributed by atoms with Crippen molar-refractivity contribution in [3.63, 3.8) is 0 Å². The number of hydrogen-bond acceptors (Lipinski definition) is 23. The van der Waals surface area contributed by atoms with Gasteiger partial charge in [0.1, 0.15) is 80.8 Å². The average Bonchev–Trinajstić information content (AvgIpc) is 2.99. The maximum atomic E-state index is 9.93. The standard InChI is InChI=1S/C18H34N12O11/c31-1-25(2-32)13-19-14(26(3-33)4-34)22-17(21-13)29(9-39)11-41-12-30(10-40)18-23-15(27(5-35)6-36)20-16(24-18)28(7-37)8-38/h31-40H,1-12H2. The van der Waals surface area contributed by atoms with Crippen LogP contribution in [0.25, 0.3) is 0 Å². The molecule has 0 amide bonds. The number of aliphatic hydroxyl groups excluding tert-OH is 10. The monoisotopic (exact) mass is 594 g/mol. The van der Waals surface area contributed by atoms with E-state index in [1.807, 2.05) is 0 Å². The van der Waals surface area contributed by atoms with Crippen LogP contribution >= 0.6 is 0 Å². The molecule has 232 valence electrons. The molecule has 23 nitrogen and oxygen atoms in total. The van der Waals surface area contributed by atoms with Gasteiger partial charge in [0.2, 0.25) is 35.7 Å². The second-order valence-electron chi connectivity index (χ2n) is 7.59. The van der Waals surface area contributed by atoms with Crippen LogP contribution in [0, 0.1) is 0 Å². The highest BCUT2D eigenvalue weighted by atomic mass is 16.5. The third kappa shape index (κ3) is 8.68. The van der Waals surface area contributed by atoms with Gasteiger partial charge in [0.05, 0.1) is 0 Å². The van der Waals surface area contributed by atoms with Gasteiger partial charge in [0.25, 0.3) is 0 Å². The molecule has 0 aliphatic rings. The average molecular weight is 595 g/mol. The van der Waals surface area contributed by atoms with E-state index in [4.69, 9.17) is 4.74 Å². The van der Waals surface area contributed by atoms with Crippen molar-refractivity contribution in [1.82, 2.24) is 29.9 Å². The number of hydrogen-bond donors (Lipinski definition) is 10. The fraction of sp³-hybridized carbons (Fsp3) is 0.667. The van der Waals surface area contributed by atoms with Crippen molar-refractivity contribution in [3.8, 4) is 0 Å². The highest BCUT2D eigenvalue weighted by molar-refractivity contribution is 5.47. The summed E-state index contributed by atoms with van der Waals surface area (Å²) in [5, 5.41) is 95.7. The summed E-state index contributed by atoms with van der Waals surface area (Å²) >= 11 is 0. The van der Waals surface area contributed by atoms with Gasteiger partial charge in [-0.15, -0.1) is 0 Å². The summed E-state index contributed by atoms with van der Waals surface area (Å²) in [6, 6.07) is 0. The van der Waals surface area contributed by atoms with Crippen molar-refractivity contribution in [3.05, 3.63) is 0 Å². The Morgan fingerprint density at radius 3 is 0.659 bits per heavy atom. The first-order valence-corrected chi connectivity index (χ1v) is 11.6. The normalized spacial score (nSPS) is 11.0. The molecule has 0 saturated heterocycles. The van der Waals surface area contributed by atoms with Gasteiger partial charge in [-0.05, 0) is 0 Å². The van der Waals surface area contributed by atoms with Crippen LogP contribution in [0.2, 0.25) is 0 Å². The highest BCUT2D eigenvalue weighted by Gasteiger charge is 2.22. The topological polar surface area (TPSA) is 308 Å². The Labute approximate surface area is 232 Å². The zero-order valence-electron chi connectivity index (χ0n) is 21.7. The van der Waals surface area contributed by atoms with Crippen LogP contribution < -0.4 is 29.4 Å². The van der Waals surface area contributed by atoms with E-state index in [0.717, 1.165) is 29.4 Å². The van der Waals surface area contributed by atoms with Crippen LogP contribution in [-0.2, 0) is 4.74 Å². The second kappa shape index (κ2) is 17.3. The number of aliphatic hydroxyl groups is 10. The van der Waals surface area contributed by atoms with Crippen molar-refractivity contribution in [2.75, 3.05) is 110 Å². The molecule has 0 radical (unpaired) electrons. The SMILES string of the molecule is OCN(CO)c1nc(N(CO)CO)nc(N(CO)COCN(CO)c2nc(N(CO)CO)nc(N(CO)CO)n2)n1. The highest BCUT2D eigenvalue weighted by Crippen LogP contribution is 2.20. The number of nitrogens with zero attached hydrogens (tertiary/aromatic N) is 12. The molecule has 0 aliphatic heterocycles. The van der Waals surface area contributed by atoms with Crippen LogP contribution in [0.3, 0.4) is 0 Å². The Bertz CT molecular complexity index is 891. The molecule has 2 aromatic heterocycles. The summed E-state index contributed by atoms with van der Waals surface area (Å²) in [4.78, 5) is 29.9. The van der Waals surface area contributed by atoms with E-state index in [0.29, 0.717) is 0 Å². The Kier molecular flexibility index (Phi) is 14.1. The Balaban J connectivity index is 2.33. The van der Waals surface area contributed by atoms with Gasteiger partial charge < -0.3 is 55.8 Å². The minimum absolute atomic E-state index is 0.255. The zero-order valence-corrected chi connectivity index (χ0v) is 21.7. The number of ether oxygens (including phenoxy) is 1. The molecule has 0 aromatic carbocycles. The van der Waals surface area contributed by atoms with Gasteiger partial charge in [0.15, 0.2) is 0 Å². The Hall–Kier alpha value is -3.62. The summed E-state index contributed by atoms with van der Waals surface area (Å²) in [7, 11) is 0. The summed E-state index contributed by atoms with van der Waals surface area (Å²) in [6.07, 6.45) is 0. The molecular formula is C18H34N12O11. The first kappa shape index (κ1) is 33.6.